The van der Waals surface area contributed by atoms with E-state index in [1.54, 1.807) is 0 Å². The van der Waals surface area contributed by atoms with Gasteiger partial charge in [0.1, 0.15) is 5.75 Å². The van der Waals surface area contributed by atoms with Crippen molar-refractivity contribution in [1.29, 1.82) is 0 Å². The third-order valence-corrected chi connectivity index (χ3v) is 2.75. The van der Waals surface area contributed by atoms with Crippen LogP contribution in [0.4, 0.5) is 18.9 Å². The second kappa shape index (κ2) is 5.24. The first-order valence-corrected chi connectivity index (χ1v) is 5.34. The number of nitrogens with one attached hydrogen (secondary N) is 1. The van der Waals surface area contributed by atoms with Crippen LogP contribution in [0.25, 0.3) is 0 Å². The van der Waals surface area contributed by atoms with Crippen molar-refractivity contribution < 1.29 is 22.7 Å². The van der Waals surface area contributed by atoms with E-state index in [1.165, 1.54) is 0 Å². The van der Waals surface area contributed by atoms with E-state index in [2.05, 4.69) is 5.32 Å². The molecule has 0 atom stereocenters. The lowest BCUT2D eigenvalue weighted by Gasteiger charge is -2.17. The summed E-state index contributed by atoms with van der Waals surface area (Å²) in [6.45, 7) is 1.14. The molecule has 1 aromatic rings. The summed E-state index contributed by atoms with van der Waals surface area (Å²) < 4.78 is 43.1. The Bertz CT molecular complexity index is 489. The Morgan fingerprint density at radius 3 is 2.28 bits per heavy atom. The van der Waals surface area contributed by atoms with E-state index in [1.807, 2.05) is 0 Å². The molecule has 0 aliphatic rings. The molecule has 1 N–H and O–H groups in total. The van der Waals surface area contributed by atoms with Gasteiger partial charge in [0.15, 0.2) is 0 Å². The zero-order chi connectivity index (χ0) is 14.1. The van der Waals surface area contributed by atoms with E-state index < -0.39 is 27.7 Å². The lowest BCUT2D eigenvalue weighted by molar-refractivity contribution is -0.137. The van der Waals surface area contributed by atoms with Gasteiger partial charge in [-0.3, -0.25) is 4.79 Å². The molecule has 0 saturated carbocycles. The normalized spacial score (nSPS) is 11.3. The number of methoxy groups -OCH3 is 1. The third kappa shape index (κ3) is 3.00. The molecule has 18 heavy (non-hydrogen) atoms. The second-order valence-electron chi connectivity index (χ2n) is 3.31. The van der Waals surface area contributed by atoms with Crippen LogP contribution in [-0.4, -0.2) is 13.0 Å². The van der Waals surface area contributed by atoms with Gasteiger partial charge in [-0.15, -0.1) is 0 Å². The Morgan fingerprint density at radius 1 is 1.33 bits per heavy atom. The van der Waals surface area contributed by atoms with Crippen molar-refractivity contribution in [3.8, 4) is 5.75 Å². The summed E-state index contributed by atoms with van der Waals surface area (Å²) >= 11 is 11.2. The van der Waals surface area contributed by atoms with Gasteiger partial charge in [0, 0.05) is 13.0 Å². The molecule has 0 saturated heterocycles. The summed E-state index contributed by atoms with van der Waals surface area (Å²) in [6, 6.07) is 1.13. The summed E-state index contributed by atoms with van der Waals surface area (Å²) in [5, 5.41) is 0.852. The van der Waals surface area contributed by atoms with Gasteiger partial charge in [0.25, 0.3) is 0 Å². The Balaban J connectivity index is 3.53. The van der Waals surface area contributed by atoms with E-state index in [0.717, 1.165) is 20.1 Å². The molecule has 0 fully saturated rings. The number of anilines is 1. The van der Waals surface area contributed by atoms with Crippen molar-refractivity contribution in [3.05, 3.63) is 21.7 Å². The maximum atomic E-state index is 12.8. The molecule has 0 aliphatic heterocycles. The molecular weight excluding hydrogens is 294 g/mol. The quantitative estimate of drug-likeness (QED) is 0.897. The zero-order valence-electron chi connectivity index (χ0n) is 9.28. The molecule has 3 nitrogen and oxygen atoms in total. The van der Waals surface area contributed by atoms with Gasteiger partial charge in [-0.2, -0.15) is 13.2 Å². The van der Waals surface area contributed by atoms with E-state index >= 15 is 0 Å². The number of halogens is 5. The summed E-state index contributed by atoms with van der Waals surface area (Å²) in [4.78, 5) is 10.9. The minimum atomic E-state index is -4.75. The van der Waals surface area contributed by atoms with Gasteiger partial charge in [-0.1, -0.05) is 23.2 Å². The smallest absolute Gasteiger partial charge is 0.419 e. The maximum Gasteiger partial charge on any atom is 0.419 e. The maximum absolute atomic E-state index is 12.8. The first-order valence-electron chi connectivity index (χ1n) is 4.59. The van der Waals surface area contributed by atoms with Crippen LogP contribution in [0.1, 0.15) is 12.5 Å². The largest absolute Gasteiger partial charge is 0.495 e. The van der Waals surface area contributed by atoms with Crippen molar-refractivity contribution in [1.82, 2.24) is 0 Å². The highest BCUT2D eigenvalue weighted by Crippen LogP contribution is 2.47. The van der Waals surface area contributed by atoms with Gasteiger partial charge in [0.05, 0.1) is 28.4 Å². The summed E-state index contributed by atoms with van der Waals surface area (Å²) in [5.74, 6) is -0.786. The summed E-state index contributed by atoms with van der Waals surface area (Å²) in [5.41, 5.74) is -1.45. The van der Waals surface area contributed by atoms with E-state index in [0.29, 0.717) is 0 Å². The number of alkyl halides is 3. The summed E-state index contributed by atoms with van der Waals surface area (Å²) in [6.07, 6.45) is -4.75. The molecule has 0 bridgehead atoms. The number of carbonyl (C=O) groups excluding carboxylic acids is 1. The van der Waals surface area contributed by atoms with E-state index in [9.17, 15) is 18.0 Å². The topological polar surface area (TPSA) is 38.3 Å². The van der Waals surface area contributed by atoms with Gasteiger partial charge in [0.2, 0.25) is 5.91 Å². The first kappa shape index (κ1) is 14.9. The van der Waals surface area contributed by atoms with Crippen LogP contribution in [0.5, 0.6) is 5.75 Å². The molecule has 1 aromatic carbocycles. The fraction of sp³-hybridized carbons (Fsp3) is 0.300. The van der Waals surface area contributed by atoms with Crippen molar-refractivity contribution in [2.24, 2.45) is 0 Å². The monoisotopic (exact) mass is 301 g/mol. The Hall–Kier alpha value is -1.14. The van der Waals surface area contributed by atoms with Crippen molar-refractivity contribution in [3.63, 3.8) is 0 Å². The fourth-order valence-corrected chi connectivity index (χ4v) is 1.98. The van der Waals surface area contributed by atoms with Crippen LogP contribution in [0.3, 0.4) is 0 Å². The molecule has 0 aromatic heterocycles. The lowest BCUT2D eigenvalue weighted by atomic mass is 10.1. The first-order chi connectivity index (χ1) is 8.18. The number of benzene rings is 1. The van der Waals surface area contributed by atoms with E-state index in [-0.39, 0.29) is 11.4 Å². The highest BCUT2D eigenvalue weighted by atomic mass is 35.5. The van der Waals surface area contributed by atoms with Crippen LogP contribution in [0.15, 0.2) is 6.07 Å². The van der Waals surface area contributed by atoms with Crippen molar-refractivity contribution in [2.75, 3.05) is 12.4 Å². The average molecular weight is 302 g/mol. The Kier molecular flexibility index (Phi) is 4.34. The Morgan fingerprint density at radius 2 is 1.89 bits per heavy atom. The second-order valence-corrected chi connectivity index (χ2v) is 4.06. The molecule has 0 unspecified atom stereocenters. The highest BCUT2D eigenvalue weighted by Gasteiger charge is 2.38. The number of hydrogen-bond donors (Lipinski definition) is 1. The highest BCUT2D eigenvalue weighted by molar-refractivity contribution is 6.39. The van der Waals surface area contributed by atoms with Gasteiger partial charge in [-0.05, 0) is 0 Å². The lowest BCUT2D eigenvalue weighted by Crippen LogP contribution is -2.12. The SMILES string of the molecule is COc1cc(NC(C)=O)c(Cl)c(C(F)(F)F)c1Cl. The number of rotatable bonds is 2. The van der Waals surface area contributed by atoms with Gasteiger partial charge >= 0.3 is 6.18 Å². The number of amides is 1. The van der Waals surface area contributed by atoms with Crippen molar-refractivity contribution >= 4 is 34.8 Å². The molecule has 0 radical (unpaired) electrons. The van der Waals surface area contributed by atoms with Gasteiger partial charge < -0.3 is 10.1 Å². The molecule has 0 aliphatic carbocycles. The molecule has 1 rings (SSSR count). The number of hydrogen-bond acceptors (Lipinski definition) is 2. The minimum Gasteiger partial charge on any atom is -0.495 e. The summed E-state index contributed by atoms with van der Waals surface area (Å²) in [7, 11) is 1.16. The van der Waals surface area contributed by atoms with Crippen LogP contribution >= 0.6 is 23.2 Å². The fourth-order valence-electron chi connectivity index (χ4n) is 1.29. The van der Waals surface area contributed by atoms with Crippen LogP contribution < -0.4 is 10.1 Å². The molecule has 8 heteroatoms. The zero-order valence-corrected chi connectivity index (χ0v) is 10.8. The number of ether oxygens (including phenoxy) is 1. The molecule has 0 heterocycles. The minimum absolute atomic E-state index is 0.210. The standard InChI is InChI=1S/C10H8Cl2F3NO2/c1-4(17)16-5-3-6(18-2)9(12)7(8(5)11)10(13,14)15/h3H,1-2H3,(H,16,17). The predicted octanol–water partition coefficient (Wildman–Crippen LogP) is 3.98. The number of carbonyl (C=O) groups is 1. The average Bonchev–Trinajstić information content (AvgIpc) is 2.19. The predicted molar refractivity (Wildman–Crippen MR) is 62.3 cm³/mol. The van der Waals surface area contributed by atoms with Crippen LogP contribution in [0.2, 0.25) is 10.0 Å². The third-order valence-electron chi connectivity index (χ3n) is 1.98. The Labute approximate surface area is 111 Å². The van der Waals surface area contributed by atoms with Crippen molar-refractivity contribution in [2.45, 2.75) is 13.1 Å². The van der Waals surface area contributed by atoms with Crippen LogP contribution in [0, 0.1) is 0 Å². The molecule has 100 valence electrons. The van der Waals surface area contributed by atoms with E-state index in [4.69, 9.17) is 27.9 Å². The van der Waals surface area contributed by atoms with Crippen LogP contribution in [-0.2, 0) is 11.0 Å². The molecule has 1 amide bonds. The molecule has 0 spiro atoms. The van der Waals surface area contributed by atoms with Gasteiger partial charge in [-0.25, -0.2) is 0 Å². The molecular formula is C10H8Cl2F3NO2.